The number of esters is 1. The number of carbonyl (C=O) groups excluding carboxylic acids is 2. The molecule has 0 aliphatic carbocycles. The zero-order chi connectivity index (χ0) is 38.4. The zero-order valence-electron chi connectivity index (χ0n) is 34.2. The molecular formula is C43H77N5O6. The van der Waals surface area contributed by atoms with Crippen LogP contribution in [0.1, 0.15) is 175 Å². The molecule has 11 heteroatoms. The maximum absolute atomic E-state index is 14.2. The summed E-state index contributed by atoms with van der Waals surface area (Å²) in [5, 5.41) is 20.6. The largest absolute Gasteiger partial charge is 0.462 e. The van der Waals surface area contributed by atoms with Crippen molar-refractivity contribution in [2.24, 2.45) is 11.7 Å². The van der Waals surface area contributed by atoms with Gasteiger partial charge in [0.15, 0.2) is 0 Å². The van der Waals surface area contributed by atoms with Crippen molar-refractivity contribution in [2.75, 3.05) is 13.1 Å². The van der Waals surface area contributed by atoms with Gasteiger partial charge in [-0.15, -0.1) is 0 Å². The number of carbonyl (C=O) groups is 2. The third-order valence-corrected chi connectivity index (χ3v) is 12.9. The Labute approximate surface area is 327 Å². The van der Waals surface area contributed by atoms with E-state index >= 15 is 0 Å². The Morgan fingerprint density at radius 3 is 2.30 bits per heavy atom. The molecule has 4 saturated heterocycles. The van der Waals surface area contributed by atoms with Crippen molar-refractivity contribution in [1.29, 1.82) is 0 Å². The van der Waals surface area contributed by atoms with Crippen molar-refractivity contribution in [2.45, 2.75) is 229 Å². The van der Waals surface area contributed by atoms with E-state index in [0.29, 0.717) is 25.6 Å². The Bertz CT molecular complexity index is 1180. The van der Waals surface area contributed by atoms with Gasteiger partial charge in [0.1, 0.15) is 29.8 Å². The predicted molar refractivity (Wildman–Crippen MR) is 213 cm³/mol. The van der Waals surface area contributed by atoms with Crippen molar-refractivity contribution >= 4 is 11.9 Å². The van der Waals surface area contributed by atoms with E-state index in [1.807, 2.05) is 0 Å². The van der Waals surface area contributed by atoms with Crippen LogP contribution in [0.3, 0.4) is 0 Å². The van der Waals surface area contributed by atoms with Gasteiger partial charge in [0.2, 0.25) is 5.91 Å². The second-order valence-corrected chi connectivity index (χ2v) is 17.4. The summed E-state index contributed by atoms with van der Waals surface area (Å²) in [6.45, 7) is 7.49. The first-order valence-corrected chi connectivity index (χ1v) is 22.4. The number of nitrogens with two attached hydrogens (primary N) is 1. The minimum absolute atomic E-state index is 0.0894. The van der Waals surface area contributed by atoms with Gasteiger partial charge in [-0.1, -0.05) is 89.7 Å². The topological polar surface area (TPSA) is 147 Å². The molecule has 11 nitrogen and oxygen atoms in total. The fraction of sp³-hybridized carbons (Fsp3) is 0.907. The number of ether oxygens (including phenoxy) is 3. The highest BCUT2D eigenvalue weighted by Gasteiger charge is 2.64. The van der Waals surface area contributed by atoms with Crippen LogP contribution in [-0.4, -0.2) is 89.2 Å². The first-order valence-electron chi connectivity index (χ1n) is 22.4. The van der Waals surface area contributed by atoms with Crippen LogP contribution in [0.2, 0.25) is 0 Å². The van der Waals surface area contributed by atoms with Crippen LogP contribution < -0.4 is 21.7 Å². The van der Waals surface area contributed by atoms with E-state index < -0.39 is 11.8 Å². The molecule has 1 amide bonds. The number of nitrogens with one attached hydrogen (secondary N) is 3. The van der Waals surface area contributed by atoms with Gasteiger partial charge in [-0.3, -0.25) is 25.1 Å². The summed E-state index contributed by atoms with van der Waals surface area (Å²) in [5.74, 6) is -0.708. The number of hydrogen-bond donors (Lipinski definition) is 5. The Kier molecular flexibility index (Phi) is 17.6. The monoisotopic (exact) mass is 760 g/mol. The molecule has 5 heterocycles. The molecule has 0 aromatic carbocycles. The quantitative estimate of drug-likeness (QED) is 0.0461. The summed E-state index contributed by atoms with van der Waals surface area (Å²) in [6, 6.07) is 0.452. The predicted octanol–water partition coefficient (Wildman–Crippen LogP) is 6.66. The summed E-state index contributed by atoms with van der Waals surface area (Å²) in [4.78, 5) is 28.6. The molecule has 2 spiro atoms. The van der Waals surface area contributed by atoms with Gasteiger partial charge in [-0.2, -0.15) is 0 Å². The van der Waals surface area contributed by atoms with Crippen molar-refractivity contribution in [3.05, 3.63) is 12.2 Å². The number of rotatable bonds is 22. The average Bonchev–Trinajstić information content (AvgIpc) is 3.45. The third kappa shape index (κ3) is 12.0. The number of allylic oxidation sites excluding steroid dienone is 1. The zero-order valence-corrected chi connectivity index (χ0v) is 34.2. The van der Waals surface area contributed by atoms with E-state index in [0.717, 1.165) is 89.9 Å². The Morgan fingerprint density at radius 2 is 1.63 bits per heavy atom. The van der Waals surface area contributed by atoms with Crippen molar-refractivity contribution in [3.8, 4) is 0 Å². The summed E-state index contributed by atoms with van der Waals surface area (Å²) < 4.78 is 20.0. The lowest BCUT2D eigenvalue weighted by Crippen LogP contribution is -2.81. The molecule has 0 aromatic rings. The van der Waals surface area contributed by atoms with Gasteiger partial charge < -0.3 is 30.4 Å². The van der Waals surface area contributed by atoms with E-state index in [1.165, 1.54) is 57.8 Å². The van der Waals surface area contributed by atoms with E-state index in [2.05, 4.69) is 53.8 Å². The Hall–Kier alpha value is -1.60. The summed E-state index contributed by atoms with van der Waals surface area (Å²) in [6.07, 6.45) is 28.8. The van der Waals surface area contributed by atoms with E-state index in [1.54, 1.807) is 0 Å². The molecule has 0 radical (unpaired) electrons. The van der Waals surface area contributed by atoms with Crippen LogP contribution in [0.15, 0.2) is 12.2 Å². The van der Waals surface area contributed by atoms with Gasteiger partial charge in [-0.25, -0.2) is 0 Å². The number of aliphatic hydroxyl groups excluding tert-OH is 1. The molecule has 5 aliphatic rings. The van der Waals surface area contributed by atoms with Crippen molar-refractivity contribution in [3.63, 3.8) is 0 Å². The van der Waals surface area contributed by atoms with Gasteiger partial charge in [0, 0.05) is 25.0 Å². The molecule has 5 rings (SSSR count). The highest BCUT2D eigenvalue weighted by Crippen LogP contribution is 2.49. The van der Waals surface area contributed by atoms with E-state index in [9.17, 15) is 14.7 Å². The van der Waals surface area contributed by atoms with Gasteiger partial charge >= 0.3 is 5.97 Å². The molecular weight excluding hydrogens is 683 g/mol. The fourth-order valence-electron chi connectivity index (χ4n) is 10.1. The normalized spacial score (nSPS) is 33.4. The summed E-state index contributed by atoms with van der Waals surface area (Å²) in [5.41, 5.74) is 4.33. The molecule has 0 saturated carbocycles. The molecule has 0 aromatic heterocycles. The number of aliphatic hydroxyl groups is 1. The molecule has 3 unspecified atom stereocenters. The Morgan fingerprint density at radius 1 is 0.944 bits per heavy atom. The highest BCUT2D eigenvalue weighted by atomic mass is 16.6. The average molecular weight is 760 g/mol. The number of nitrogens with zero attached hydrogens (tertiary/aromatic N) is 1. The van der Waals surface area contributed by atoms with Gasteiger partial charge in [0.05, 0.1) is 18.3 Å². The minimum atomic E-state index is -0.896. The molecule has 4 fully saturated rings. The molecule has 310 valence electrons. The van der Waals surface area contributed by atoms with E-state index in [4.69, 9.17) is 19.9 Å². The van der Waals surface area contributed by atoms with Crippen molar-refractivity contribution in [1.82, 2.24) is 20.9 Å². The molecule has 6 N–H and O–H groups in total. The lowest BCUT2D eigenvalue weighted by Gasteiger charge is -2.60. The minimum Gasteiger partial charge on any atom is -0.462 e. The standard InChI is InChI=1S/C43H77N5O6/c1-4-35-23-17-18-27-42(54-35)31-34-25-26-36-38(43(28-19-22-33(3)53-43)47-41(46-42)48(34)36)40(51)52-32(2)21-15-13-11-9-7-5-6-8-10-12-14-16-24-37(49)39(50)45-30-20-29-44/h17,23,32-38,41,46-47,49H,4-16,18-22,24-31,44H2,1-3H3,(H,45,50)/t32?,33-,34+,35+,36-,37?,38-,41?,42+,43-/m0/s1. The Balaban J connectivity index is 0.973. The lowest BCUT2D eigenvalue weighted by atomic mass is 9.79. The first-order chi connectivity index (χ1) is 26.2. The first kappa shape index (κ1) is 43.5. The summed E-state index contributed by atoms with van der Waals surface area (Å²) in [7, 11) is 0. The van der Waals surface area contributed by atoms with Crippen LogP contribution in [0.25, 0.3) is 0 Å². The van der Waals surface area contributed by atoms with E-state index in [-0.39, 0.29) is 54.2 Å². The van der Waals surface area contributed by atoms with Gasteiger partial charge in [0.25, 0.3) is 0 Å². The maximum Gasteiger partial charge on any atom is 0.315 e. The molecule has 5 aliphatic heterocycles. The molecule has 10 atom stereocenters. The summed E-state index contributed by atoms with van der Waals surface area (Å²) >= 11 is 0. The van der Waals surface area contributed by atoms with Gasteiger partial charge in [-0.05, 0) is 97.4 Å². The maximum atomic E-state index is 14.2. The highest BCUT2D eigenvalue weighted by molar-refractivity contribution is 5.80. The number of hydrogen-bond acceptors (Lipinski definition) is 10. The van der Waals surface area contributed by atoms with Crippen LogP contribution >= 0.6 is 0 Å². The third-order valence-electron chi connectivity index (χ3n) is 12.9. The van der Waals surface area contributed by atoms with Crippen molar-refractivity contribution < 1.29 is 28.9 Å². The number of amides is 1. The van der Waals surface area contributed by atoms with Crippen LogP contribution in [0.5, 0.6) is 0 Å². The second kappa shape index (κ2) is 21.8. The fourth-order valence-corrected chi connectivity index (χ4v) is 10.1. The second-order valence-electron chi connectivity index (χ2n) is 17.4. The lowest BCUT2D eigenvalue weighted by molar-refractivity contribution is -0.256. The van der Waals surface area contributed by atoms with Crippen LogP contribution in [0.4, 0.5) is 0 Å². The molecule has 54 heavy (non-hydrogen) atoms. The SMILES string of the molecule is CC[C@@H]1C=CCC[C@]2(C[C@H]3CC[C@H]4[C@@H](C(=O)OC(C)CCCCCCCCCCCCCCC(O)C(=O)NCCCN)[C@@]5(CCC[C@H](C)O5)NC(N2)N34)O1. The smallest absolute Gasteiger partial charge is 0.315 e. The van der Waals surface area contributed by atoms with Crippen LogP contribution in [-0.2, 0) is 23.8 Å². The molecule has 0 bridgehead atoms. The number of unbranched alkanes of at least 4 members (excludes halogenated alkanes) is 11. The van der Waals surface area contributed by atoms with Crippen LogP contribution in [0, 0.1) is 5.92 Å².